The highest BCUT2D eigenvalue weighted by atomic mass is 16.5. The van der Waals surface area contributed by atoms with Crippen LogP contribution in [0.25, 0.3) is 0 Å². The summed E-state index contributed by atoms with van der Waals surface area (Å²) in [6.07, 6.45) is 0. The van der Waals surface area contributed by atoms with Gasteiger partial charge in [0.05, 0.1) is 14.2 Å². The Hall–Kier alpha value is -1.51. The third-order valence-electron chi connectivity index (χ3n) is 1.67. The van der Waals surface area contributed by atoms with Gasteiger partial charge in [0.2, 0.25) is 0 Å². The first kappa shape index (κ1) is 9.58. The summed E-state index contributed by atoms with van der Waals surface area (Å²) in [4.78, 5) is 10.8. The number of carbonyl (C=O) groups is 1. The van der Waals surface area contributed by atoms with Gasteiger partial charge in [-0.2, -0.15) is 0 Å². The van der Waals surface area contributed by atoms with Crippen LogP contribution >= 0.6 is 0 Å². The molecule has 1 rings (SSSR count). The third-order valence-corrected chi connectivity index (χ3v) is 1.67. The van der Waals surface area contributed by atoms with E-state index >= 15 is 0 Å². The molecule has 2 radical (unpaired) electrons. The van der Waals surface area contributed by atoms with Crippen molar-refractivity contribution < 1.29 is 14.3 Å². The second-order valence-electron chi connectivity index (χ2n) is 2.43. The predicted octanol–water partition coefficient (Wildman–Crippen LogP) is 1.60. The van der Waals surface area contributed by atoms with Crippen LogP contribution < -0.4 is 9.47 Å². The molecule has 0 aliphatic rings. The summed E-state index contributed by atoms with van der Waals surface area (Å²) in [5.41, 5.74) is 0.401. The van der Waals surface area contributed by atoms with Gasteiger partial charge in [-0.15, -0.1) is 0 Å². The van der Waals surface area contributed by atoms with Crippen LogP contribution in [0, 0.1) is 6.92 Å². The number of carbonyl (C=O) groups excluding carboxylic acids is 1. The normalized spacial score (nSPS) is 9.46. The third kappa shape index (κ3) is 1.99. The fourth-order valence-corrected chi connectivity index (χ4v) is 0.989. The predicted molar refractivity (Wildman–Crippen MR) is 48.2 cm³/mol. The molecule has 0 aliphatic heterocycles. The molecule has 0 heterocycles. The zero-order valence-corrected chi connectivity index (χ0v) is 7.53. The van der Waals surface area contributed by atoms with Gasteiger partial charge in [0.25, 0.3) is 0 Å². The van der Waals surface area contributed by atoms with Crippen LogP contribution in [-0.2, 0) is 0 Å². The number of ketones is 1. The minimum atomic E-state index is -0.485. The molecule has 0 aromatic heterocycles. The number of methoxy groups -OCH3 is 2. The quantitative estimate of drug-likeness (QED) is 0.659. The van der Waals surface area contributed by atoms with Gasteiger partial charge in [0, 0.05) is 12.5 Å². The summed E-state index contributed by atoms with van der Waals surface area (Å²) >= 11 is 0. The van der Waals surface area contributed by atoms with E-state index in [9.17, 15) is 4.79 Å². The van der Waals surface area contributed by atoms with Gasteiger partial charge in [0.1, 0.15) is 0 Å². The molecule has 0 bridgehead atoms. The summed E-state index contributed by atoms with van der Waals surface area (Å²) in [5.74, 6) is 0.590. The SMILES string of the molecule is [CH]C(=O)c1ccc(OC)c(OC)c1. The smallest absolute Gasteiger partial charge is 0.167 e. The summed E-state index contributed by atoms with van der Waals surface area (Å²) in [5, 5.41) is 0. The zero-order chi connectivity index (χ0) is 9.84. The standard InChI is InChI=1S/C10H10O3/c1-7(11)8-4-5-9(12-2)10(6-8)13-3/h1,4-6H,2-3H3. The summed E-state index contributed by atoms with van der Waals surface area (Å²) in [6.45, 7) is 5.09. The van der Waals surface area contributed by atoms with E-state index in [2.05, 4.69) is 0 Å². The first-order valence-corrected chi connectivity index (χ1v) is 3.71. The zero-order valence-electron chi connectivity index (χ0n) is 7.53. The molecule has 0 amide bonds. The Morgan fingerprint density at radius 2 is 1.85 bits per heavy atom. The van der Waals surface area contributed by atoms with Crippen LogP contribution in [0.3, 0.4) is 0 Å². The monoisotopic (exact) mass is 178 g/mol. The maximum Gasteiger partial charge on any atom is 0.167 e. The molecule has 3 nitrogen and oxygen atoms in total. The Labute approximate surface area is 77.3 Å². The van der Waals surface area contributed by atoms with Crippen molar-refractivity contribution in [3.05, 3.63) is 30.7 Å². The van der Waals surface area contributed by atoms with Crippen molar-refractivity contribution in [1.29, 1.82) is 0 Å². The molecule has 0 unspecified atom stereocenters. The molecule has 3 heteroatoms. The van der Waals surface area contributed by atoms with Crippen LogP contribution in [0.15, 0.2) is 18.2 Å². The van der Waals surface area contributed by atoms with Crippen molar-refractivity contribution in [3.63, 3.8) is 0 Å². The summed E-state index contributed by atoms with van der Waals surface area (Å²) in [6, 6.07) is 4.77. The Bertz CT molecular complexity index is 318. The lowest BCUT2D eigenvalue weighted by atomic mass is 10.1. The molecule has 1 aromatic carbocycles. The first-order chi connectivity index (χ1) is 6.19. The van der Waals surface area contributed by atoms with Crippen molar-refractivity contribution in [2.75, 3.05) is 14.2 Å². The second kappa shape index (κ2) is 3.94. The Balaban J connectivity index is 3.13. The molecular formula is C10H10O3. The molecule has 0 saturated carbocycles. The Morgan fingerprint density at radius 3 is 2.31 bits per heavy atom. The largest absolute Gasteiger partial charge is 0.493 e. The number of hydrogen-bond donors (Lipinski definition) is 0. The van der Waals surface area contributed by atoms with E-state index in [1.165, 1.54) is 14.2 Å². The van der Waals surface area contributed by atoms with Crippen LogP contribution in [-0.4, -0.2) is 20.0 Å². The van der Waals surface area contributed by atoms with Gasteiger partial charge in [0.15, 0.2) is 17.3 Å². The molecule has 0 N–H and O–H groups in total. The van der Waals surface area contributed by atoms with Crippen molar-refractivity contribution in [2.45, 2.75) is 0 Å². The molecule has 68 valence electrons. The van der Waals surface area contributed by atoms with E-state index in [0.29, 0.717) is 17.1 Å². The Kier molecular flexibility index (Phi) is 2.90. The minimum absolute atomic E-state index is 0.401. The highest BCUT2D eigenvalue weighted by Gasteiger charge is 2.06. The number of hydrogen-bond acceptors (Lipinski definition) is 3. The number of ether oxygens (including phenoxy) is 2. The van der Waals surface area contributed by atoms with E-state index in [0.717, 1.165) is 0 Å². The molecule has 1 aromatic rings. The highest BCUT2D eigenvalue weighted by molar-refractivity contribution is 5.99. The lowest BCUT2D eigenvalue weighted by Crippen LogP contribution is -1.95. The first-order valence-electron chi connectivity index (χ1n) is 3.71. The van der Waals surface area contributed by atoms with Crippen LogP contribution in [0.4, 0.5) is 0 Å². The van der Waals surface area contributed by atoms with Gasteiger partial charge >= 0.3 is 0 Å². The van der Waals surface area contributed by atoms with E-state index in [1.807, 2.05) is 0 Å². The van der Waals surface area contributed by atoms with Crippen LogP contribution in [0.1, 0.15) is 10.4 Å². The van der Waals surface area contributed by atoms with Crippen molar-refractivity contribution in [2.24, 2.45) is 0 Å². The topological polar surface area (TPSA) is 35.5 Å². The lowest BCUT2D eigenvalue weighted by Gasteiger charge is -2.07. The summed E-state index contributed by atoms with van der Waals surface area (Å²) in [7, 11) is 3.03. The van der Waals surface area contributed by atoms with E-state index in [4.69, 9.17) is 16.4 Å². The number of rotatable bonds is 3. The summed E-state index contributed by atoms with van der Waals surface area (Å²) < 4.78 is 9.99. The van der Waals surface area contributed by atoms with E-state index in [1.54, 1.807) is 18.2 Å². The van der Waals surface area contributed by atoms with Crippen molar-refractivity contribution in [3.8, 4) is 11.5 Å². The molecule has 13 heavy (non-hydrogen) atoms. The van der Waals surface area contributed by atoms with Gasteiger partial charge in [-0.3, -0.25) is 4.79 Å². The fourth-order valence-electron chi connectivity index (χ4n) is 0.989. The maximum atomic E-state index is 10.8. The number of Topliss-reactive ketones (excluding diaryl/α,β-unsaturated/α-hetero) is 1. The maximum absolute atomic E-state index is 10.8. The molecule has 0 atom stereocenters. The molecule has 0 spiro atoms. The van der Waals surface area contributed by atoms with Crippen LogP contribution in [0.2, 0.25) is 0 Å². The van der Waals surface area contributed by atoms with Gasteiger partial charge < -0.3 is 9.47 Å². The van der Waals surface area contributed by atoms with Gasteiger partial charge in [-0.05, 0) is 18.2 Å². The molecular weight excluding hydrogens is 168 g/mol. The average Bonchev–Trinajstić information content (AvgIpc) is 2.16. The lowest BCUT2D eigenvalue weighted by molar-refractivity contribution is 0.104. The number of benzene rings is 1. The van der Waals surface area contributed by atoms with Crippen LogP contribution in [0.5, 0.6) is 11.5 Å². The fraction of sp³-hybridized carbons (Fsp3) is 0.200. The highest BCUT2D eigenvalue weighted by Crippen LogP contribution is 2.27. The Morgan fingerprint density at radius 1 is 1.23 bits per heavy atom. The molecule has 0 saturated heterocycles. The van der Waals surface area contributed by atoms with Gasteiger partial charge in [-0.25, -0.2) is 0 Å². The average molecular weight is 178 g/mol. The van der Waals surface area contributed by atoms with Crippen molar-refractivity contribution >= 4 is 5.78 Å². The molecule has 0 aliphatic carbocycles. The van der Waals surface area contributed by atoms with Crippen molar-refractivity contribution in [1.82, 2.24) is 0 Å². The van der Waals surface area contributed by atoms with Gasteiger partial charge in [-0.1, -0.05) is 0 Å². The second-order valence-corrected chi connectivity index (χ2v) is 2.43. The van der Waals surface area contributed by atoms with E-state index in [-0.39, 0.29) is 0 Å². The van der Waals surface area contributed by atoms with E-state index < -0.39 is 5.78 Å². The molecule has 0 fully saturated rings. The minimum Gasteiger partial charge on any atom is -0.493 e.